The van der Waals surface area contributed by atoms with E-state index in [2.05, 4.69) is 5.32 Å². The molecule has 1 N–H and O–H groups in total. The minimum Gasteiger partial charge on any atom is -0.462 e. The molecule has 156 valence electrons. The van der Waals surface area contributed by atoms with E-state index in [0.29, 0.717) is 5.69 Å². The van der Waals surface area contributed by atoms with Gasteiger partial charge in [0.15, 0.2) is 0 Å². The van der Waals surface area contributed by atoms with Crippen molar-refractivity contribution in [2.24, 2.45) is 0 Å². The fraction of sp³-hybridized carbons (Fsp3) is 0.261. The number of nitrogens with one attached hydrogen (secondary N) is 1. The summed E-state index contributed by atoms with van der Waals surface area (Å²) in [6, 6.07) is 11.9. The summed E-state index contributed by atoms with van der Waals surface area (Å²) < 4.78 is 5.27. The number of carbonyl (C=O) groups excluding carboxylic acids is 3. The van der Waals surface area contributed by atoms with Crippen molar-refractivity contribution in [1.29, 1.82) is 0 Å². The van der Waals surface area contributed by atoms with Gasteiger partial charge in [-0.2, -0.15) is 0 Å². The van der Waals surface area contributed by atoms with Crippen LogP contribution in [0.3, 0.4) is 0 Å². The Morgan fingerprint density at radius 1 is 1.07 bits per heavy atom. The van der Waals surface area contributed by atoms with E-state index in [1.807, 2.05) is 32.9 Å². The average Bonchev–Trinajstić information content (AvgIpc) is 2.94. The molecule has 0 fully saturated rings. The zero-order valence-electron chi connectivity index (χ0n) is 17.1. The molecule has 2 amide bonds. The van der Waals surface area contributed by atoms with Gasteiger partial charge in [-0.25, -0.2) is 9.69 Å². The summed E-state index contributed by atoms with van der Waals surface area (Å²) >= 11 is 6.23. The second-order valence-corrected chi connectivity index (χ2v) is 7.39. The summed E-state index contributed by atoms with van der Waals surface area (Å²) in [5, 5.41) is 2.76. The van der Waals surface area contributed by atoms with Crippen LogP contribution in [0.15, 0.2) is 53.2 Å². The van der Waals surface area contributed by atoms with E-state index in [1.54, 1.807) is 18.2 Å². The first-order valence-corrected chi connectivity index (χ1v) is 10.1. The monoisotopic (exact) mass is 426 g/mol. The van der Waals surface area contributed by atoms with Crippen LogP contribution >= 0.6 is 11.6 Å². The van der Waals surface area contributed by atoms with E-state index in [-0.39, 0.29) is 28.6 Å². The number of rotatable bonds is 7. The number of carbonyl (C=O) groups is 3. The van der Waals surface area contributed by atoms with Crippen LogP contribution in [0, 0.1) is 13.8 Å². The van der Waals surface area contributed by atoms with Crippen LogP contribution in [0.1, 0.15) is 41.3 Å². The van der Waals surface area contributed by atoms with Gasteiger partial charge >= 0.3 is 5.97 Å². The molecule has 0 atom stereocenters. The van der Waals surface area contributed by atoms with Gasteiger partial charge < -0.3 is 10.1 Å². The number of benzene rings is 2. The number of nitrogens with zero attached hydrogens (tertiary/aromatic N) is 1. The molecule has 3 rings (SSSR count). The number of imide groups is 1. The maximum Gasteiger partial charge on any atom is 0.340 e. The van der Waals surface area contributed by atoms with Crippen LogP contribution in [0.5, 0.6) is 0 Å². The zero-order chi connectivity index (χ0) is 21.8. The van der Waals surface area contributed by atoms with Crippen molar-refractivity contribution < 1.29 is 19.1 Å². The first kappa shape index (κ1) is 21.6. The first-order valence-electron chi connectivity index (χ1n) is 9.74. The van der Waals surface area contributed by atoms with Gasteiger partial charge in [0.1, 0.15) is 10.7 Å². The summed E-state index contributed by atoms with van der Waals surface area (Å²) in [6.45, 7) is 6.11. The topological polar surface area (TPSA) is 75.7 Å². The van der Waals surface area contributed by atoms with Gasteiger partial charge in [-0.3, -0.25) is 9.59 Å². The summed E-state index contributed by atoms with van der Waals surface area (Å²) in [4.78, 5) is 39.4. The van der Waals surface area contributed by atoms with Crippen LogP contribution in [0.25, 0.3) is 0 Å². The van der Waals surface area contributed by atoms with Gasteiger partial charge in [-0.15, -0.1) is 0 Å². The number of amides is 2. The number of esters is 1. The smallest absolute Gasteiger partial charge is 0.340 e. The minimum atomic E-state index is -0.691. The van der Waals surface area contributed by atoms with Crippen LogP contribution in [-0.2, 0) is 14.3 Å². The predicted octanol–water partition coefficient (Wildman–Crippen LogP) is 4.70. The molecule has 6 nitrogen and oxygen atoms in total. The first-order chi connectivity index (χ1) is 14.4. The lowest BCUT2D eigenvalue weighted by Crippen LogP contribution is -2.33. The third kappa shape index (κ3) is 4.09. The Morgan fingerprint density at radius 3 is 2.53 bits per heavy atom. The number of unbranched alkanes of at least 4 members (excludes halogenated alkanes) is 1. The maximum absolute atomic E-state index is 13.1. The Hall–Kier alpha value is -3.12. The fourth-order valence-electron chi connectivity index (χ4n) is 3.08. The highest BCUT2D eigenvalue weighted by Crippen LogP contribution is 2.33. The van der Waals surface area contributed by atoms with Crippen LogP contribution in [0.4, 0.5) is 11.4 Å². The summed E-state index contributed by atoms with van der Waals surface area (Å²) in [7, 11) is 0. The number of hydrogen-bond donors (Lipinski definition) is 1. The second kappa shape index (κ2) is 9.13. The van der Waals surface area contributed by atoms with Crippen molar-refractivity contribution in [3.8, 4) is 0 Å². The SMILES string of the molecule is CCCCOC(=O)c1ccccc1N1C(=O)C(Cl)=C(Nc2cccc(C)c2C)C1=O. The third-order valence-electron chi connectivity index (χ3n) is 4.99. The van der Waals surface area contributed by atoms with E-state index in [4.69, 9.17) is 16.3 Å². The van der Waals surface area contributed by atoms with Crippen molar-refractivity contribution in [3.63, 3.8) is 0 Å². The van der Waals surface area contributed by atoms with E-state index < -0.39 is 17.8 Å². The number of hydrogen-bond acceptors (Lipinski definition) is 5. The number of para-hydroxylation sites is 1. The summed E-state index contributed by atoms with van der Waals surface area (Å²) in [5.74, 6) is -1.91. The van der Waals surface area contributed by atoms with Gasteiger partial charge in [0.25, 0.3) is 11.8 Å². The molecule has 0 aliphatic carbocycles. The molecule has 2 aromatic carbocycles. The highest BCUT2D eigenvalue weighted by Gasteiger charge is 2.40. The van der Waals surface area contributed by atoms with Crippen molar-refractivity contribution in [2.45, 2.75) is 33.6 Å². The van der Waals surface area contributed by atoms with Crippen molar-refractivity contribution in [1.82, 2.24) is 0 Å². The summed E-state index contributed by atoms with van der Waals surface area (Å²) in [5.41, 5.74) is 2.90. The molecule has 1 aliphatic heterocycles. The molecule has 0 radical (unpaired) electrons. The molecule has 0 aromatic heterocycles. The standard InChI is InChI=1S/C23H23ClN2O4/c1-4-5-13-30-23(29)16-10-6-7-12-18(16)26-21(27)19(24)20(22(26)28)25-17-11-8-9-14(2)15(17)3/h6-12,25H,4-5,13H2,1-3H3. The molecule has 1 heterocycles. The van der Waals surface area contributed by atoms with Crippen LogP contribution < -0.4 is 10.2 Å². The Labute approximate surface area is 180 Å². The van der Waals surface area contributed by atoms with E-state index in [9.17, 15) is 14.4 Å². The van der Waals surface area contributed by atoms with Crippen molar-refractivity contribution >= 4 is 40.8 Å². The van der Waals surface area contributed by atoms with Gasteiger partial charge in [0, 0.05) is 5.69 Å². The summed E-state index contributed by atoms with van der Waals surface area (Å²) in [6.07, 6.45) is 1.61. The molecular formula is C23H23ClN2O4. The van der Waals surface area contributed by atoms with E-state index >= 15 is 0 Å². The van der Waals surface area contributed by atoms with E-state index in [1.165, 1.54) is 12.1 Å². The van der Waals surface area contributed by atoms with Gasteiger partial charge in [0.2, 0.25) is 0 Å². The molecule has 1 aliphatic rings. The molecule has 0 bridgehead atoms. The highest BCUT2D eigenvalue weighted by molar-refractivity contribution is 6.53. The normalized spacial score (nSPS) is 13.8. The van der Waals surface area contributed by atoms with Gasteiger partial charge in [-0.05, 0) is 49.6 Å². The Kier molecular flexibility index (Phi) is 6.57. The molecule has 30 heavy (non-hydrogen) atoms. The molecule has 0 saturated heterocycles. The number of halogens is 1. The van der Waals surface area contributed by atoms with Crippen LogP contribution in [0.2, 0.25) is 0 Å². The molecule has 7 heteroatoms. The number of anilines is 2. The molecule has 0 unspecified atom stereocenters. The molecular weight excluding hydrogens is 404 g/mol. The van der Waals surface area contributed by atoms with Gasteiger partial charge in [-0.1, -0.05) is 49.2 Å². The average molecular weight is 427 g/mol. The Balaban J connectivity index is 1.91. The quantitative estimate of drug-likeness (QED) is 0.394. The number of ether oxygens (including phenoxy) is 1. The second-order valence-electron chi connectivity index (χ2n) is 7.01. The minimum absolute atomic E-state index is 0.0236. The Morgan fingerprint density at radius 2 is 1.80 bits per heavy atom. The van der Waals surface area contributed by atoms with Crippen molar-refractivity contribution in [2.75, 3.05) is 16.8 Å². The molecule has 0 spiro atoms. The van der Waals surface area contributed by atoms with E-state index in [0.717, 1.165) is 28.9 Å². The maximum atomic E-state index is 13.1. The molecule has 0 saturated carbocycles. The van der Waals surface area contributed by atoms with Crippen LogP contribution in [-0.4, -0.2) is 24.4 Å². The number of aryl methyl sites for hydroxylation is 1. The largest absolute Gasteiger partial charge is 0.462 e. The van der Waals surface area contributed by atoms with Crippen molar-refractivity contribution in [3.05, 3.63) is 69.9 Å². The zero-order valence-corrected chi connectivity index (χ0v) is 17.9. The lowest BCUT2D eigenvalue weighted by atomic mass is 10.1. The highest BCUT2D eigenvalue weighted by atomic mass is 35.5. The third-order valence-corrected chi connectivity index (χ3v) is 5.34. The molecule has 2 aromatic rings. The fourth-order valence-corrected chi connectivity index (χ4v) is 3.29. The van der Waals surface area contributed by atoms with Gasteiger partial charge in [0.05, 0.1) is 17.9 Å². The predicted molar refractivity (Wildman–Crippen MR) is 117 cm³/mol. The lowest BCUT2D eigenvalue weighted by Gasteiger charge is -2.18. The Bertz CT molecular complexity index is 1050. The lowest BCUT2D eigenvalue weighted by molar-refractivity contribution is -0.120.